The molecule has 1 aliphatic heterocycles. The largest absolute Gasteiger partial charge is 0.496 e. The van der Waals surface area contributed by atoms with Gasteiger partial charge in [0.15, 0.2) is 5.01 Å². The van der Waals surface area contributed by atoms with Gasteiger partial charge in [-0.1, -0.05) is 32.0 Å². The first-order valence-corrected chi connectivity index (χ1v) is 14.5. The molecule has 1 aliphatic rings. The van der Waals surface area contributed by atoms with E-state index in [0.29, 0.717) is 30.7 Å². The molecule has 2 aromatic heterocycles. The first-order chi connectivity index (χ1) is 19.7. The highest BCUT2D eigenvalue weighted by molar-refractivity contribution is 7.20. The molecule has 3 atom stereocenters. The number of aromatic amines is 1. The van der Waals surface area contributed by atoms with Crippen LogP contribution in [0, 0.1) is 11.8 Å². The molecule has 0 spiro atoms. The van der Waals surface area contributed by atoms with Gasteiger partial charge in [0.25, 0.3) is 5.91 Å². The molecule has 0 saturated carbocycles. The molecule has 1 saturated heterocycles. The molecule has 214 valence electrons. The summed E-state index contributed by atoms with van der Waals surface area (Å²) in [6.07, 6.45) is 1.08. The Morgan fingerprint density at radius 2 is 1.90 bits per heavy atom. The minimum atomic E-state index is -0.971. The molecule has 11 heteroatoms. The maximum absolute atomic E-state index is 13.7. The maximum atomic E-state index is 13.7. The van der Waals surface area contributed by atoms with Crippen molar-refractivity contribution < 1.29 is 23.9 Å². The van der Waals surface area contributed by atoms with Crippen molar-refractivity contribution in [1.29, 1.82) is 0 Å². The number of carbonyl (C=O) groups is 4. The molecule has 2 unspecified atom stereocenters. The quantitative estimate of drug-likeness (QED) is 0.200. The minimum absolute atomic E-state index is 0.0767. The van der Waals surface area contributed by atoms with Crippen LogP contribution in [-0.2, 0) is 9.59 Å². The number of methoxy groups -OCH3 is 1. The van der Waals surface area contributed by atoms with Gasteiger partial charge in [0.05, 0.1) is 23.4 Å². The number of carbonyl (C=O) groups excluding carboxylic acids is 4. The van der Waals surface area contributed by atoms with Gasteiger partial charge >= 0.3 is 0 Å². The number of nitrogens with zero attached hydrogens (tertiary/aromatic N) is 1. The summed E-state index contributed by atoms with van der Waals surface area (Å²) in [5, 5.41) is 9.53. The predicted molar refractivity (Wildman–Crippen MR) is 157 cm³/mol. The lowest BCUT2D eigenvalue weighted by atomic mass is 9.95. The van der Waals surface area contributed by atoms with E-state index in [2.05, 4.69) is 25.9 Å². The number of fused-ring (bicyclic) bond motifs is 2. The van der Waals surface area contributed by atoms with Crippen LogP contribution < -0.4 is 20.7 Å². The van der Waals surface area contributed by atoms with E-state index in [1.165, 1.54) is 11.3 Å². The third kappa shape index (κ3) is 6.25. The van der Waals surface area contributed by atoms with Crippen molar-refractivity contribution in [3.63, 3.8) is 0 Å². The highest BCUT2D eigenvalue weighted by Crippen LogP contribution is 2.27. The molecule has 5 rings (SSSR count). The van der Waals surface area contributed by atoms with Crippen molar-refractivity contribution in [3.8, 4) is 5.75 Å². The Hall–Kier alpha value is -4.25. The van der Waals surface area contributed by atoms with E-state index in [1.807, 2.05) is 50.2 Å². The van der Waals surface area contributed by atoms with Gasteiger partial charge in [0.2, 0.25) is 17.6 Å². The summed E-state index contributed by atoms with van der Waals surface area (Å²) in [6.45, 7) is 4.43. The van der Waals surface area contributed by atoms with Crippen LogP contribution in [0.2, 0.25) is 0 Å². The summed E-state index contributed by atoms with van der Waals surface area (Å²) in [4.78, 5) is 60.6. The van der Waals surface area contributed by atoms with Crippen LogP contribution in [0.25, 0.3) is 21.1 Å². The zero-order chi connectivity index (χ0) is 29.1. The fourth-order valence-corrected chi connectivity index (χ4v) is 6.11. The molecule has 0 radical (unpaired) electrons. The number of hydrogen-bond acceptors (Lipinski definition) is 7. The molecule has 4 N–H and O–H groups in total. The number of benzene rings is 2. The van der Waals surface area contributed by atoms with Crippen LogP contribution in [-0.4, -0.2) is 59.2 Å². The zero-order valence-electron chi connectivity index (χ0n) is 23.2. The van der Waals surface area contributed by atoms with Gasteiger partial charge < -0.3 is 25.7 Å². The molecular formula is C30H33N5O5S. The first kappa shape index (κ1) is 28.3. The van der Waals surface area contributed by atoms with Crippen LogP contribution >= 0.6 is 11.3 Å². The Labute approximate surface area is 241 Å². The number of H-pyrrole nitrogens is 1. The van der Waals surface area contributed by atoms with E-state index in [9.17, 15) is 19.2 Å². The van der Waals surface area contributed by atoms with Gasteiger partial charge in [-0.15, -0.1) is 11.3 Å². The van der Waals surface area contributed by atoms with E-state index >= 15 is 0 Å². The van der Waals surface area contributed by atoms with Gasteiger partial charge in [-0.05, 0) is 55.5 Å². The van der Waals surface area contributed by atoms with Crippen LogP contribution in [0.4, 0.5) is 0 Å². The van der Waals surface area contributed by atoms with E-state index in [-0.39, 0.29) is 34.7 Å². The summed E-state index contributed by atoms with van der Waals surface area (Å²) in [5.41, 5.74) is 1.72. The highest BCUT2D eigenvalue weighted by atomic mass is 32.1. The zero-order valence-corrected chi connectivity index (χ0v) is 24.0. The number of hydrogen-bond donors (Lipinski definition) is 4. The second-order valence-electron chi connectivity index (χ2n) is 10.7. The van der Waals surface area contributed by atoms with Crippen molar-refractivity contribution in [1.82, 2.24) is 25.9 Å². The molecule has 0 aliphatic carbocycles. The van der Waals surface area contributed by atoms with E-state index in [0.717, 1.165) is 15.6 Å². The Morgan fingerprint density at radius 3 is 2.61 bits per heavy atom. The van der Waals surface area contributed by atoms with E-state index in [4.69, 9.17) is 4.74 Å². The summed E-state index contributed by atoms with van der Waals surface area (Å²) in [6, 6.07) is 12.7. The molecule has 41 heavy (non-hydrogen) atoms. The second kappa shape index (κ2) is 12.1. The normalized spacial score (nSPS) is 16.5. The number of thiazole rings is 1. The number of ether oxygens (including phenoxy) is 1. The number of rotatable bonds is 11. The number of para-hydroxylation sites is 1. The third-order valence-corrected chi connectivity index (χ3v) is 8.29. The lowest BCUT2D eigenvalue weighted by molar-refractivity contribution is -0.125. The van der Waals surface area contributed by atoms with E-state index in [1.54, 1.807) is 19.2 Å². The number of Topliss-reactive ketones (excluding diaryl/α,β-unsaturated/α-hetero) is 1. The Kier molecular flexibility index (Phi) is 8.34. The SMILES string of the molecule is COc1cccc2[nH]c(C(=O)NC(CC(C)C)C(=O)NC(C[C@@H]3CCNC3=O)C(=O)c3nc4ccccc4s3)cc12. The molecule has 3 amide bonds. The average molecular weight is 576 g/mol. The topological polar surface area (TPSA) is 142 Å². The number of nitrogens with one attached hydrogen (secondary N) is 4. The molecule has 1 fully saturated rings. The molecular weight excluding hydrogens is 542 g/mol. The summed E-state index contributed by atoms with van der Waals surface area (Å²) in [5.74, 6) is -1.13. The van der Waals surface area contributed by atoms with Crippen molar-refractivity contribution in [2.45, 2.75) is 45.2 Å². The second-order valence-corrected chi connectivity index (χ2v) is 11.7. The Morgan fingerprint density at radius 1 is 1.10 bits per heavy atom. The monoisotopic (exact) mass is 575 g/mol. The standard InChI is InChI=1S/C30H33N5O5S/c1-16(2)13-22(34-29(39)23-15-18-19(32-23)8-6-9-24(18)40-3)28(38)33-21(14-17-11-12-31-27(17)37)26(36)30-35-20-7-4-5-10-25(20)41-30/h4-10,15-17,21-22,32H,11-14H2,1-3H3,(H,31,37)(H,33,38)(H,34,39)/t17-,21?,22?/m0/s1. The summed E-state index contributed by atoms with van der Waals surface area (Å²) < 4.78 is 6.26. The number of ketones is 1. The van der Waals surface area contributed by atoms with Crippen molar-refractivity contribution in [3.05, 3.63) is 59.2 Å². The summed E-state index contributed by atoms with van der Waals surface area (Å²) in [7, 11) is 1.56. The average Bonchev–Trinajstić information content (AvgIpc) is 3.69. The van der Waals surface area contributed by atoms with Crippen LogP contribution in [0.1, 0.15) is 53.4 Å². The Balaban J connectivity index is 1.38. The van der Waals surface area contributed by atoms with Crippen molar-refractivity contribution in [2.75, 3.05) is 13.7 Å². The van der Waals surface area contributed by atoms with Gasteiger partial charge in [-0.2, -0.15) is 0 Å². The molecule has 2 aromatic carbocycles. The number of aromatic nitrogens is 2. The first-order valence-electron chi connectivity index (χ1n) is 13.7. The maximum Gasteiger partial charge on any atom is 0.268 e. The van der Waals surface area contributed by atoms with Crippen molar-refractivity contribution >= 4 is 56.0 Å². The Bertz CT molecular complexity index is 1580. The fourth-order valence-electron chi connectivity index (χ4n) is 5.15. The van der Waals surface area contributed by atoms with Gasteiger partial charge in [-0.3, -0.25) is 19.2 Å². The molecule has 4 aromatic rings. The van der Waals surface area contributed by atoms with Crippen LogP contribution in [0.3, 0.4) is 0 Å². The van der Waals surface area contributed by atoms with Gasteiger partial charge in [0.1, 0.15) is 17.5 Å². The third-order valence-electron chi connectivity index (χ3n) is 7.24. The number of amides is 3. The van der Waals surface area contributed by atoms with Crippen LogP contribution in [0.15, 0.2) is 48.5 Å². The molecule has 0 bridgehead atoms. The van der Waals surface area contributed by atoms with E-state index < -0.39 is 29.8 Å². The van der Waals surface area contributed by atoms with Crippen LogP contribution in [0.5, 0.6) is 5.75 Å². The van der Waals surface area contributed by atoms with Gasteiger partial charge in [-0.25, -0.2) is 4.98 Å². The molecule has 10 nitrogen and oxygen atoms in total. The minimum Gasteiger partial charge on any atom is -0.496 e. The highest BCUT2D eigenvalue weighted by Gasteiger charge is 2.35. The molecule has 3 heterocycles. The fraction of sp³-hybridized carbons (Fsp3) is 0.367. The van der Waals surface area contributed by atoms with Gasteiger partial charge in [0, 0.05) is 23.4 Å². The smallest absolute Gasteiger partial charge is 0.268 e. The van der Waals surface area contributed by atoms with Crippen molar-refractivity contribution in [2.24, 2.45) is 11.8 Å². The summed E-state index contributed by atoms with van der Waals surface area (Å²) >= 11 is 1.25. The lowest BCUT2D eigenvalue weighted by Gasteiger charge is -2.24. The predicted octanol–water partition coefficient (Wildman–Crippen LogP) is 3.82. The lowest BCUT2D eigenvalue weighted by Crippen LogP contribution is -2.52.